The van der Waals surface area contributed by atoms with E-state index in [1.165, 1.54) is 4.90 Å². The maximum atomic E-state index is 12.1. The molecule has 2 aliphatic heterocycles. The Morgan fingerprint density at radius 2 is 2.13 bits per heavy atom. The Hall–Kier alpha value is -2.22. The number of β-amino-alcohol motifs (C(OH)–C–C–N with tert-alkyl or cyclic N) is 1. The molecule has 124 valence electrons. The third-order valence-electron chi connectivity index (χ3n) is 3.64. The third kappa shape index (κ3) is 3.26. The Labute approximate surface area is 134 Å². The summed E-state index contributed by atoms with van der Waals surface area (Å²) in [7, 11) is 0. The van der Waals surface area contributed by atoms with Crippen LogP contribution >= 0.6 is 0 Å². The number of carbonyl (C=O) groups excluding carboxylic acids is 2. The number of hydrogen-bond acceptors (Lipinski definition) is 6. The monoisotopic (exact) mass is 320 g/mol. The van der Waals surface area contributed by atoms with Gasteiger partial charge in [0, 0.05) is 11.8 Å². The Kier molecular flexibility index (Phi) is 3.71. The summed E-state index contributed by atoms with van der Waals surface area (Å²) in [6.45, 7) is 6.36. The van der Waals surface area contributed by atoms with E-state index < -0.39 is 17.8 Å². The van der Waals surface area contributed by atoms with Gasteiger partial charge in [0.05, 0.1) is 37.9 Å². The van der Waals surface area contributed by atoms with Gasteiger partial charge in [-0.1, -0.05) is 0 Å². The van der Waals surface area contributed by atoms with Gasteiger partial charge < -0.3 is 9.84 Å². The van der Waals surface area contributed by atoms with E-state index >= 15 is 0 Å². The number of fused-ring (bicyclic) bond motifs is 1. The summed E-state index contributed by atoms with van der Waals surface area (Å²) in [5.41, 5.74) is 0.989. The van der Waals surface area contributed by atoms with Gasteiger partial charge >= 0.3 is 6.09 Å². The SMILES string of the molecule is CC(C)(C)OC(=O)N1Cc2cnc(N3CC(O)CC3=O)nc2C1. The Bertz CT molecular complexity index is 655. The van der Waals surface area contributed by atoms with E-state index in [2.05, 4.69) is 9.97 Å². The molecule has 0 bridgehead atoms. The standard InChI is InChI=1S/C15H20N4O4/c1-15(2,3)23-14(22)18-6-9-5-16-13(17-11(9)8-18)19-7-10(20)4-12(19)21/h5,10,20H,4,6-8H2,1-3H3. The zero-order valence-corrected chi connectivity index (χ0v) is 13.4. The first-order valence-corrected chi connectivity index (χ1v) is 7.54. The number of nitrogens with zero attached hydrogens (tertiary/aromatic N) is 4. The van der Waals surface area contributed by atoms with E-state index in [1.807, 2.05) is 20.8 Å². The lowest BCUT2D eigenvalue weighted by Crippen LogP contribution is -2.33. The molecule has 8 nitrogen and oxygen atoms in total. The van der Waals surface area contributed by atoms with Crippen molar-refractivity contribution in [1.29, 1.82) is 0 Å². The first kappa shape index (κ1) is 15.7. The molecule has 1 saturated heterocycles. The number of aliphatic hydroxyl groups is 1. The zero-order valence-electron chi connectivity index (χ0n) is 13.4. The number of amides is 2. The minimum Gasteiger partial charge on any atom is -0.444 e. The summed E-state index contributed by atoms with van der Waals surface area (Å²) in [6, 6.07) is 0. The number of ether oxygens (including phenoxy) is 1. The van der Waals surface area contributed by atoms with Gasteiger partial charge in [-0.05, 0) is 20.8 Å². The number of rotatable bonds is 1. The second-order valence-corrected chi connectivity index (χ2v) is 6.84. The van der Waals surface area contributed by atoms with Crippen molar-refractivity contribution in [3.05, 3.63) is 17.5 Å². The fraction of sp³-hybridized carbons (Fsp3) is 0.600. The Morgan fingerprint density at radius 3 is 2.74 bits per heavy atom. The molecule has 1 aromatic heterocycles. The van der Waals surface area contributed by atoms with Gasteiger partial charge in [0.25, 0.3) is 0 Å². The van der Waals surface area contributed by atoms with Gasteiger partial charge in [0.2, 0.25) is 11.9 Å². The molecule has 1 unspecified atom stereocenters. The van der Waals surface area contributed by atoms with Gasteiger partial charge in [-0.3, -0.25) is 14.6 Å². The van der Waals surface area contributed by atoms with Crippen molar-refractivity contribution >= 4 is 17.9 Å². The van der Waals surface area contributed by atoms with Gasteiger partial charge in [-0.25, -0.2) is 14.8 Å². The summed E-state index contributed by atoms with van der Waals surface area (Å²) in [4.78, 5) is 35.4. The summed E-state index contributed by atoms with van der Waals surface area (Å²) in [5.74, 6) is 0.0794. The van der Waals surface area contributed by atoms with Crippen LogP contribution in [0.15, 0.2) is 6.20 Å². The molecule has 2 aliphatic rings. The normalized spacial score (nSPS) is 20.9. The largest absolute Gasteiger partial charge is 0.444 e. The van der Waals surface area contributed by atoms with Crippen LogP contribution in [-0.2, 0) is 22.6 Å². The van der Waals surface area contributed by atoms with Crippen LogP contribution in [0.4, 0.5) is 10.7 Å². The highest BCUT2D eigenvalue weighted by Gasteiger charge is 2.33. The van der Waals surface area contributed by atoms with E-state index in [0.29, 0.717) is 18.8 Å². The molecule has 3 heterocycles. The van der Waals surface area contributed by atoms with Crippen LogP contribution in [0.2, 0.25) is 0 Å². The number of aliphatic hydroxyl groups excluding tert-OH is 1. The molecule has 0 aliphatic carbocycles. The van der Waals surface area contributed by atoms with Crippen molar-refractivity contribution in [2.24, 2.45) is 0 Å². The first-order valence-electron chi connectivity index (χ1n) is 7.54. The van der Waals surface area contributed by atoms with Crippen LogP contribution in [0.3, 0.4) is 0 Å². The molecule has 23 heavy (non-hydrogen) atoms. The van der Waals surface area contributed by atoms with E-state index in [4.69, 9.17) is 4.74 Å². The van der Waals surface area contributed by atoms with E-state index in [9.17, 15) is 14.7 Å². The molecular formula is C15H20N4O4. The molecule has 0 aromatic carbocycles. The third-order valence-corrected chi connectivity index (χ3v) is 3.64. The van der Waals surface area contributed by atoms with Gasteiger partial charge in [0.15, 0.2) is 0 Å². The van der Waals surface area contributed by atoms with E-state index in [1.54, 1.807) is 11.1 Å². The van der Waals surface area contributed by atoms with Crippen LogP contribution in [0.1, 0.15) is 38.4 Å². The highest BCUT2D eigenvalue weighted by Crippen LogP contribution is 2.25. The lowest BCUT2D eigenvalue weighted by Gasteiger charge is -2.23. The van der Waals surface area contributed by atoms with Crippen molar-refractivity contribution in [3.8, 4) is 0 Å². The molecule has 0 radical (unpaired) electrons. The van der Waals surface area contributed by atoms with Gasteiger partial charge in [-0.15, -0.1) is 0 Å². The summed E-state index contributed by atoms with van der Waals surface area (Å²) >= 11 is 0. The van der Waals surface area contributed by atoms with Crippen molar-refractivity contribution < 1.29 is 19.4 Å². The highest BCUT2D eigenvalue weighted by atomic mass is 16.6. The zero-order chi connectivity index (χ0) is 16.8. The van der Waals surface area contributed by atoms with Crippen LogP contribution in [0.5, 0.6) is 0 Å². The van der Waals surface area contributed by atoms with Crippen LogP contribution in [-0.4, -0.2) is 50.2 Å². The fourth-order valence-corrected chi connectivity index (χ4v) is 2.61. The van der Waals surface area contributed by atoms with Crippen molar-refractivity contribution in [2.75, 3.05) is 11.4 Å². The smallest absolute Gasteiger partial charge is 0.410 e. The average Bonchev–Trinajstić information content (AvgIpc) is 2.99. The Balaban J connectivity index is 1.74. The van der Waals surface area contributed by atoms with Gasteiger partial charge in [-0.2, -0.15) is 0 Å². The Morgan fingerprint density at radius 1 is 1.39 bits per heavy atom. The van der Waals surface area contributed by atoms with Crippen LogP contribution in [0, 0.1) is 0 Å². The first-order chi connectivity index (χ1) is 10.7. The van der Waals surface area contributed by atoms with Crippen molar-refractivity contribution in [3.63, 3.8) is 0 Å². The maximum Gasteiger partial charge on any atom is 0.410 e. The minimum absolute atomic E-state index is 0.0878. The highest BCUT2D eigenvalue weighted by molar-refractivity contribution is 5.94. The molecule has 1 N–H and O–H groups in total. The molecule has 2 amide bonds. The quantitative estimate of drug-likeness (QED) is 0.823. The number of aromatic nitrogens is 2. The summed E-state index contributed by atoms with van der Waals surface area (Å²) in [5, 5.41) is 9.56. The van der Waals surface area contributed by atoms with Crippen LogP contribution < -0.4 is 4.90 Å². The second kappa shape index (κ2) is 5.45. The molecule has 0 spiro atoms. The number of hydrogen-bond donors (Lipinski definition) is 1. The fourth-order valence-electron chi connectivity index (χ4n) is 2.61. The lowest BCUT2D eigenvalue weighted by molar-refractivity contribution is -0.117. The van der Waals surface area contributed by atoms with Crippen molar-refractivity contribution in [2.45, 2.75) is 52.0 Å². The summed E-state index contributed by atoms with van der Waals surface area (Å²) in [6.07, 6.45) is 0.632. The molecule has 3 rings (SSSR count). The van der Waals surface area contributed by atoms with Crippen molar-refractivity contribution in [1.82, 2.24) is 14.9 Å². The predicted molar refractivity (Wildman–Crippen MR) is 80.5 cm³/mol. The molecule has 0 saturated carbocycles. The molecule has 1 fully saturated rings. The second-order valence-electron chi connectivity index (χ2n) is 6.84. The molecule has 8 heteroatoms. The predicted octanol–water partition coefficient (Wildman–Crippen LogP) is 0.825. The number of carbonyl (C=O) groups is 2. The topological polar surface area (TPSA) is 95.9 Å². The van der Waals surface area contributed by atoms with E-state index in [0.717, 1.165) is 5.56 Å². The van der Waals surface area contributed by atoms with Gasteiger partial charge in [0.1, 0.15) is 5.60 Å². The van der Waals surface area contributed by atoms with E-state index in [-0.39, 0.29) is 24.8 Å². The average molecular weight is 320 g/mol. The summed E-state index contributed by atoms with van der Waals surface area (Å²) < 4.78 is 5.36. The molecule has 1 atom stereocenters. The molecule has 1 aromatic rings. The lowest BCUT2D eigenvalue weighted by atomic mass is 10.2. The maximum absolute atomic E-state index is 12.1. The van der Waals surface area contributed by atoms with Crippen LogP contribution in [0.25, 0.3) is 0 Å². The molecular weight excluding hydrogens is 300 g/mol. The number of anilines is 1. The minimum atomic E-state index is -0.683.